The van der Waals surface area contributed by atoms with Crippen molar-refractivity contribution >= 4 is 29.4 Å². The van der Waals surface area contributed by atoms with E-state index in [-0.39, 0.29) is 17.2 Å². The van der Waals surface area contributed by atoms with E-state index < -0.39 is 6.10 Å². The number of benzene rings is 1. The molecule has 25 heavy (non-hydrogen) atoms. The van der Waals surface area contributed by atoms with Gasteiger partial charge in [0, 0.05) is 24.5 Å². The minimum absolute atomic E-state index is 0.0829. The molecule has 1 unspecified atom stereocenters. The summed E-state index contributed by atoms with van der Waals surface area (Å²) in [7, 11) is 0. The maximum atomic E-state index is 12.2. The summed E-state index contributed by atoms with van der Waals surface area (Å²) in [5.41, 5.74) is 1.37. The zero-order valence-corrected chi connectivity index (χ0v) is 16.0. The molecule has 0 aliphatic carbocycles. The van der Waals surface area contributed by atoms with Gasteiger partial charge in [0.1, 0.15) is 5.37 Å². The van der Waals surface area contributed by atoms with Gasteiger partial charge in [-0.05, 0) is 24.9 Å². The molecule has 3 aliphatic heterocycles. The molecule has 0 radical (unpaired) electrons. The van der Waals surface area contributed by atoms with E-state index in [1.54, 1.807) is 11.8 Å². The highest BCUT2D eigenvalue weighted by Gasteiger charge is 2.53. The van der Waals surface area contributed by atoms with E-state index in [1.165, 1.54) is 16.2 Å². The fourth-order valence-corrected chi connectivity index (χ4v) is 6.82. The number of β-lactam (4-membered cyclic amide) rings is 1. The zero-order valence-electron chi connectivity index (χ0n) is 14.4. The van der Waals surface area contributed by atoms with Crippen LogP contribution in [0.5, 0.6) is 0 Å². The monoisotopic (exact) mass is 376 g/mol. The molecule has 3 aliphatic rings. The maximum Gasteiger partial charge on any atom is 0.236 e. The van der Waals surface area contributed by atoms with Gasteiger partial charge < -0.3 is 10.0 Å². The first kappa shape index (κ1) is 17.5. The summed E-state index contributed by atoms with van der Waals surface area (Å²) in [4.78, 5) is 16.5. The zero-order chi connectivity index (χ0) is 17.4. The Morgan fingerprint density at radius 2 is 2.16 bits per heavy atom. The highest BCUT2D eigenvalue weighted by Crippen LogP contribution is 2.51. The van der Waals surface area contributed by atoms with E-state index in [2.05, 4.69) is 35.2 Å². The smallest absolute Gasteiger partial charge is 0.236 e. The van der Waals surface area contributed by atoms with Crippen LogP contribution in [0.4, 0.5) is 0 Å². The quantitative estimate of drug-likeness (QED) is 0.773. The van der Waals surface area contributed by atoms with Crippen molar-refractivity contribution < 1.29 is 9.90 Å². The molecule has 2 fully saturated rings. The molecule has 6 heteroatoms. The predicted octanol–water partition coefficient (Wildman–Crippen LogP) is 3.10. The lowest BCUT2D eigenvalue weighted by molar-refractivity contribution is -0.152. The van der Waals surface area contributed by atoms with Crippen molar-refractivity contribution in [3.63, 3.8) is 0 Å². The van der Waals surface area contributed by atoms with Gasteiger partial charge in [-0.1, -0.05) is 49.0 Å². The molecule has 4 rings (SSSR count). The van der Waals surface area contributed by atoms with Gasteiger partial charge in [0.05, 0.1) is 16.3 Å². The Balaban J connectivity index is 1.29. The van der Waals surface area contributed by atoms with E-state index in [0.29, 0.717) is 11.7 Å². The van der Waals surface area contributed by atoms with E-state index in [4.69, 9.17) is 0 Å². The molecule has 4 atom stereocenters. The van der Waals surface area contributed by atoms with Crippen molar-refractivity contribution in [2.75, 3.05) is 13.1 Å². The highest BCUT2D eigenvalue weighted by atomic mass is 32.2. The van der Waals surface area contributed by atoms with Gasteiger partial charge >= 0.3 is 0 Å². The standard InChI is InChI=1S/C19H24N2O2S2/c1-2-15(22)17-18(23)21-12-16(25-19(17)21)24-14-8-9-20(11-14)10-13-6-4-3-5-7-13/h3-7,12,14-15,17,19,22H,2,8-11H2,1H3/t14?,15-,17+,19+/m0/s1. The number of carbonyl (C=O) groups is 1. The van der Waals surface area contributed by atoms with Crippen molar-refractivity contribution in [1.29, 1.82) is 0 Å². The number of aliphatic hydroxyl groups is 1. The normalized spacial score (nSPS) is 30.2. The van der Waals surface area contributed by atoms with E-state index in [0.717, 1.165) is 19.6 Å². The Morgan fingerprint density at radius 1 is 1.36 bits per heavy atom. The summed E-state index contributed by atoms with van der Waals surface area (Å²) in [5.74, 6) is -0.137. The third-order valence-corrected chi connectivity index (χ3v) is 7.93. The number of nitrogens with zero attached hydrogens (tertiary/aromatic N) is 2. The Labute approximate surface area is 157 Å². The number of aliphatic hydroxyl groups excluding tert-OH is 1. The number of hydrogen-bond donors (Lipinski definition) is 1. The van der Waals surface area contributed by atoms with Gasteiger partial charge in [-0.2, -0.15) is 0 Å². The Hall–Kier alpha value is -0.950. The van der Waals surface area contributed by atoms with Gasteiger partial charge in [0.15, 0.2) is 0 Å². The van der Waals surface area contributed by atoms with Crippen LogP contribution in [-0.2, 0) is 11.3 Å². The molecule has 1 aromatic carbocycles. The SMILES string of the molecule is CC[C@H](O)[C@@H]1C(=O)N2C=C(SC3CCN(Cc4ccccc4)C3)S[C@H]12. The Morgan fingerprint density at radius 3 is 2.92 bits per heavy atom. The molecule has 1 amide bonds. The van der Waals surface area contributed by atoms with Gasteiger partial charge in [-0.3, -0.25) is 9.69 Å². The fraction of sp³-hybridized carbons (Fsp3) is 0.526. The topological polar surface area (TPSA) is 43.8 Å². The Kier molecular flexibility index (Phi) is 5.13. The highest BCUT2D eigenvalue weighted by molar-refractivity contribution is 8.23. The molecule has 134 valence electrons. The second-order valence-corrected chi connectivity index (χ2v) is 9.71. The number of likely N-dealkylation sites (tertiary alicyclic amines) is 1. The van der Waals surface area contributed by atoms with E-state index in [1.807, 2.05) is 29.8 Å². The van der Waals surface area contributed by atoms with Gasteiger partial charge in [-0.25, -0.2) is 0 Å². The molecule has 0 spiro atoms. The molecule has 2 saturated heterocycles. The fourth-order valence-electron chi connectivity index (χ4n) is 3.75. The molecular weight excluding hydrogens is 352 g/mol. The summed E-state index contributed by atoms with van der Waals surface area (Å²) >= 11 is 3.67. The number of carbonyl (C=O) groups excluding carboxylic acids is 1. The summed E-state index contributed by atoms with van der Waals surface area (Å²) in [6.07, 6.45) is 3.32. The number of thioether (sulfide) groups is 2. The van der Waals surface area contributed by atoms with Crippen LogP contribution in [0.25, 0.3) is 0 Å². The Bertz CT molecular complexity index is 667. The van der Waals surface area contributed by atoms with Gasteiger partial charge in [0.25, 0.3) is 0 Å². The average molecular weight is 377 g/mol. The molecule has 3 heterocycles. The second kappa shape index (κ2) is 7.35. The number of rotatable bonds is 6. The minimum Gasteiger partial charge on any atom is -0.392 e. The molecule has 1 aromatic rings. The summed E-state index contributed by atoms with van der Waals surface area (Å²) in [5, 5.41) is 10.7. The van der Waals surface area contributed by atoms with Crippen molar-refractivity contribution in [3.8, 4) is 0 Å². The van der Waals surface area contributed by atoms with Crippen molar-refractivity contribution in [2.45, 2.75) is 43.0 Å². The van der Waals surface area contributed by atoms with Crippen molar-refractivity contribution in [3.05, 3.63) is 46.3 Å². The number of amides is 1. The first-order valence-corrected chi connectivity index (χ1v) is 10.7. The lowest BCUT2D eigenvalue weighted by atomic mass is 9.91. The second-order valence-electron chi connectivity index (χ2n) is 6.95. The first-order chi connectivity index (χ1) is 12.2. The summed E-state index contributed by atoms with van der Waals surface area (Å²) in [6.45, 7) is 5.18. The van der Waals surface area contributed by atoms with Crippen molar-refractivity contribution in [2.24, 2.45) is 5.92 Å². The van der Waals surface area contributed by atoms with Crippen molar-refractivity contribution in [1.82, 2.24) is 9.80 Å². The van der Waals surface area contributed by atoms with E-state index in [9.17, 15) is 9.90 Å². The van der Waals surface area contributed by atoms with Crippen LogP contribution in [-0.4, -0.2) is 50.6 Å². The third kappa shape index (κ3) is 3.50. The van der Waals surface area contributed by atoms with Crippen LogP contribution < -0.4 is 0 Å². The number of hydrogen-bond acceptors (Lipinski definition) is 5. The molecule has 4 nitrogen and oxygen atoms in total. The van der Waals surface area contributed by atoms with Crippen LogP contribution in [0.3, 0.4) is 0 Å². The number of fused-ring (bicyclic) bond motifs is 1. The van der Waals surface area contributed by atoms with Crippen LogP contribution in [0.1, 0.15) is 25.3 Å². The first-order valence-electron chi connectivity index (χ1n) is 8.97. The maximum absolute atomic E-state index is 12.2. The van der Waals surface area contributed by atoms with E-state index >= 15 is 0 Å². The largest absolute Gasteiger partial charge is 0.392 e. The predicted molar refractivity (Wildman–Crippen MR) is 104 cm³/mol. The average Bonchev–Trinajstić information content (AvgIpc) is 3.21. The van der Waals surface area contributed by atoms with Crippen LogP contribution in [0, 0.1) is 5.92 Å². The van der Waals surface area contributed by atoms with Gasteiger partial charge in [0.2, 0.25) is 5.91 Å². The minimum atomic E-state index is -0.508. The summed E-state index contributed by atoms with van der Waals surface area (Å²) in [6, 6.07) is 10.6. The molecule has 0 saturated carbocycles. The summed E-state index contributed by atoms with van der Waals surface area (Å²) < 4.78 is 1.23. The lowest BCUT2D eigenvalue weighted by Crippen LogP contribution is -2.59. The molecule has 1 N–H and O–H groups in total. The molecular formula is C19H24N2O2S2. The van der Waals surface area contributed by atoms with Gasteiger partial charge in [-0.15, -0.1) is 11.8 Å². The molecule has 0 bridgehead atoms. The lowest BCUT2D eigenvalue weighted by Gasteiger charge is -2.42. The third-order valence-electron chi connectivity index (χ3n) is 5.20. The van der Waals surface area contributed by atoms with Crippen LogP contribution >= 0.6 is 23.5 Å². The van der Waals surface area contributed by atoms with Crippen LogP contribution in [0.2, 0.25) is 0 Å². The van der Waals surface area contributed by atoms with Crippen LogP contribution in [0.15, 0.2) is 40.8 Å². The molecule has 0 aromatic heterocycles.